The molecule has 0 spiro atoms. The van der Waals surface area contributed by atoms with E-state index < -0.39 is 24.4 Å². The van der Waals surface area contributed by atoms with Crippen LogP contribution in [0.1, 0.15) is 26.0 Å². The third-order valence-electron chi connectivity index (χ3n) is 3.97. The minimum absolute atomic E-state index is 0. The van der Waals surface area contributed by atoms with E-state index in [9.17, 15) is 15.3 Å². The van der Waals surface area contributed by atoms with E-state index in [1.54, 1.807) is 0 Å². The summed E-state index contributed by atoms with van der Waals surface area (Å²) in [6, 6.07) is 7.90. The van der Waals surface area contributed by atoms with Gasteiger partial charge in [-0.25, -0.2) is 0 Å². The Hall–Kier alpha value is -0.296. The van der Waals surface area contributed by atoms with Crippen LogP contribution in [-0.2, 0) is 44.0 Å². The van der Waals surface area contributed by atoms with Crippen molar-refractivity contribution in [2.45, 2.75) is 45.3 Å². The molecule has 2 aromatic rings. The van der Waals surface area contributed by atoms with Crippen molar-refractivity contribution in [1.82, 2.24) is 4.57 Å². The van der Waals surface area contributed by atoms with Gasteiger partial charge in [-0.3, -0.25) is 0 Å². The monoisotopic (exact) mass is 397 g/mol. The van der Waals surface area contributed by atoms with E-state index in [0.29, 0.717) is 0 Å². The molecule has 0 bridgehead atoms. The van der Waals surface area contributed by atoms with Crippen molar-refractivity contribution in [1.29, 1.82) is 0 Å². The summed E-state index contributed by atoms with van der Waals surface area (Å²) in [5.41, 5.74) is 1.92. The normalized spacial score (nSPS) is 26.8. The molecule has 1 aliphatic heterocycles. The summed E-state index contributed by atoms with van der Waals surface area (Å²) in [7, 11) is 0. The number of aryl methyl sites for hydroxylation is 1. The molecular formula is C17H26NO4Y-. The molecule has 1 aliphatic rings. The van der Waals surface area contributed by atoms with Crippen molar-refractivity contribution in [2.75, 3.05) is 6.61 Å². The van der Waals surface area contributed by atoms with Crippen LogP contribution in [0, 0.1) is 7.43 Å². The van der Waals surface area contributed by atoms with Gasteiger partial charge in [0.25, 0.3) is 0 Å². The maximum Gasteiger partial charge on any atom is 0.113 e. The summed E-state index contributed by atoms with van der Waals surface area (Å²) in [5.74, 6) is 0. The van der Waals surface area contributed by atoms with Gasteiger partial charge in [0.15, 0.2) is 0 Å². The van der Waals surface area contributed by atoms with E-state index in [0.717, 1.165) is 23.0 Å². The number of aromatic nitrogens is 1. The molecule has 0 amide bonds. The van der Waals surface area contributed by atoms with E-state index in [1.165, 1.54) is 0 Å². The van der Waals surface area contributed by atoms with Crippen LogP contribution >= 0.6 is 0 Å². The summed E-state index contributed by atoms with van der Waals surface area (Å²) in [6.07, 6.45) is -2.03. The molecule has 23 heavy (non-hydrogen) atoms. The van der Waals surface area contributed by atoms with Crippen LogP contribution in [0.4, 0.5) is 0 Å². The average molecular weight is 397 g/mol. The largest absolute Gasteiger partial charge is 0.388 e. The first-order chi connectivity index (χ1) is 9.63. The SMILES string of the molecule is C.CCn1cc([C@@H]2OC[C@@H](O)[C@H](O)[C@H]2O)c2ccccc21.[CH3-].[Y]. The Labute approximate surface area is 163 Å². The van der Waals surface area contributed by atoms with Gasteiger partial charge in [-0.05, 0) is 13.0 Å². The van der Waals surface area contributed by atoms with E-state index in [2.05, 4.69) is 4.57 Å². The molecule has 0 saturated carbocycles. The molecule has 3 N–H and O–H groups in total. The number of ether oxygens (including phenoxy) is 1. The molecule has 3 rings (SSSR count). The molecule has 1 fully saturated rings. The van der Waals surface area contributed by atoms with E-state index in [1.807, 2.05) is 37.4 Å². The minimum atomic E-state index is -1.18. The minimum Gasteiger partial charge on any atom is -0.388 e. The van der Waals surface area contributed by atoms with E-state index >= 15 is 0 Å². The summed E-state index contributed by atoms with van der Waals surface area (Å²) >= 11 is 0. The summed E-state index contributed by atoms with van der Waals surface area (Å²) in [6.45, 7) is 2.88. The Morgan fingerprint density at radius 2 is 1.83 bits per heavy atom. The Bertz CT molecular complexity index is 616. The standard InChI is InChI=1S/C15H19NO4.CH4.CH3.Y/c1-2-16-7-10(9-5-3-4-6-11(9)16)15-14(19)13(18)12(17)8-20-15;;;/h3-7,12-15,17-19H,2,8H2,1H3;1H4;1H3;/q;;-1;/t12-,13+,14-,15+;;;/m1.../s1. The van der Waals surface area contributed by atoms with Crippen molar-refractivity contribution in [2.24, 2.45) is 0 Å². The van der Waals surface area contributed by atoms with Gasteiger partial charge in [0, 0.05) is 61.9 Å². The summed E-state index contributed by atoms with van der Waals surface area (Å²) in [4.78, 5) is 0. The van der Waals surface area contributed by atoms with Gasteiger partial charge in [0.1, 0.15) is 24.4 Å². The van der Waals surface area contributed by atoms with Gasteiger partial charge in [-0.15, -0.1) is 0 Å². The first-order valence-corrected chi connectivity index (χ1v) is 6.87. The van der Waals surface area contributed by atoms with E-state index in [-0.39, 0.29) is 54.2 Å². The Kier molecular flexibility index (Phi) is 9.14. The van der Waals surface area contributed by atoms with Gasteiger partial charge < -0.3 is 32.1 Å². The summed E-state index contributed by atoms with van der Waals surface area (Å²) < 4.78 is 7.63. The smallest absolute Gasteiger partial charge is 0.113 e. The molecule has 1 aromatic heterocycles. The van der Waals surface area contributed by atoms with Gasteiger partial charge in [0.05, 0.1) is 6.61 Å². The molecule has 0 unspecified atom stereocenters. The van der Waals surface area contributed by atoms with Gasteiger partial charge in [-0.1, -0.05) is 25.6 Å². The van der Waals surface area contributed by atoms with Gasteiger partial charge in [0.2, 0.25) is 0 Å². The fraction of sp³-hybridized carbons (Fsp3) is 0.471. The molecule has 6 heteroatoms. The van der Waals surface area contributed by atoms with Crippen LogP contribution in [0.25, 0.3) is 10.9 Å². The van der Waals surface area contributed by atoms with Crippen LogP contribution in [0.15, 0.2) is 30.5 Å². The summed E-state index contributed by atoms with van der Waals surface area (Å²) in [5, 5.41) is 30.5. The Morgan fingerprint density at radius 1 is 1.17 bits per heavy atom. The van der Waals surface area contributed by atoms with Gasteiger partial charge >= 0.3 is 0 Å². The Balaban J connectivity index is 0.00000161. The number of hydrogen-bond donors (Lipinski definition) is 3. The zero-order valence-electron chi connectivity index (χ0n) is 12.9. The molecule has 1 radical (unpaired) electrons. The molecule has 0 aliphatic carbocycles. The zero-order valence-corrected chi connectivity index (χ0v) is 15.7. The molecule has 4 atom stereocenters. The van der Waals surface area contributed by atoms with Crippen LogP contribution in [0.3, 0.4) is 0 Å². The zero-order chi connectivity index (χ0) is 14.3. The number of aliphatic hydroxyl groups is 3. The molecule has 127 valence electrons. The quantitative estimate of drug-likeness (QED) is 0.677. The number of fused-ring (bicyclic) bond motifs is 1. The van der Waals surface area contributed by atoms with Crippen molar-refractivity contribution in [3.8, 4) is 0 Å². The van der Waals surface area contributed by atoms with Crippen molar-refractivity contribution >= 4 is 10.9 Å². The van der Waals surface area contributed by atoms with Crippen LogP contribution in [0.2, 0.25) is 0 Å². The maximum atomic E-state index is 10.2. The fourth-order valence-electron chi connectivity index (χ4n) is 2.84. The van der Waals surface area contributed by atoms with Crippen LogP contribution in [0.5, 0.6) is 0 Å². The number of rotatable bonds is 2. The van der Waals surface area contributed by atoms with Gasteiger partial charge in [-0.2, -0.15) is 0 Å². The molecular weight excluding hydrogens is 371 g/mol. The van der Waals surface area contributed by atoms with Crippen LogP contribution in [-0.4, -0.2) is 44.8 Å². The van der Waals surface area contributed by atoms with Crippen LogP contribution < -0.4 is 0 Å². The molecule has 1 saturated heterocycles. The number of benzene rings is 1. The predicted molar refractivity (Wildman–Crippen MR) is 87.5 cm³/mol. The van der Waals surface area contributed by atoms with E-state index in [4.69, 9.17) is 4.74 Å². The number of para-hydroxylation sites is 1. The third kappa shape index (κ3) is 4.03. The third-order valence-corrected chi connectivity index (χ3v) is 3.97. The number of aliphatic hydroxyl groups excluding tert-OH is 3. The first kappa shape index (κ1) is 22.7. The maximum absolute atomic E-state index is 10.2. The predicted octanol–water partition coefficient (Wildman–Crippen LogP) is 1.90. The van der Waals surface area contributed by atoms with Crippen molar-refractivity contribution in [3.63, 3.8) is 0 Å². The molecule has 2 heterocycles. The topological polar surface area (TPSA) is 74.9 Å². The van der Waals surface area contributed by atoms with Crippen molar-refractivity contribution < 1.29 is 52.8 Å². The second kappa shape index (κ2) is 9.26. The second-order valence-electron chi connectivity index (χ2n) is 5.19. The molecule has 1 aromatic carbocycles. The molecule has 5 nitrogen and oxygen atoms in total. The van der Waals surface area contributed by atoms with Crippen molar-refractivity contribution in [3.05, 3.63) is 43.5 Å². The Morgan fingerprint density at radius 3 is 2.48 bits per heavy atom. The number of hydrogen-bond acceptors (Lipinski definition) is 4. The number of nitrogens with zero attached hydrogens (tertiary/aromatic N) is 1. The average Bonchev–Trinajstić information content (AvgIpc) is 2.84. The fourth-order valence-corrected chi connectivity index (χ4v) is 2.84. The first-order valence-electron chi connectivity index (χ1n) is 6.87. The second-order valence-corrected chi connectivity index (χ2v) is 5.19.